The summed E-state index contributed by atoms with van der Waals surface area (Å²) >= 11 is 0. The van der Waals surface area contributed by atoms with Gasteiger partial charge in [-0.05, 0) is 38.1 Å². The fourth-order valence-electron chi connectivity index (χ4n) is 3.18. The molecule has 2 aliphatic carbocycles. The molecule has 2 rings (SSSR count). The maximum atomic E-state index is 12.7. The maximum absolute atomic E-state index is 12.7. The van der Waals surface area contributed by atoms with Gasteiger partial charge in [-0.1, -0.05) is 13.8 Å². The smallest absolute Gasteiger partial charge is 0.331 e. The van der Waals surface area contributed by atoms with Gasteiger partial charge in [-0.3, -0.25) is 14.9 Å². The molecule has 0 spiro atoms. The highest BCUT2D eigenvalue weighted by Gasteiger charge is 2.63. The van der Waals surface area contributed by atoms with E-state index in [1.807, 2.05) is 0 Å². The lowest BCUT2D eigenvalue weighted by Crippen LogP contribution is -2.58. The van der Waals surface area contributed by atoms with Gasteiger partial charge in [0, 0.05) is 14.1 Å². The molecule has 0 aromatic rings. The third kappa shape index (κ3) is 3.46. The second-order valence-corrected chi connectivity index (χ2v) is 7.19. The van der Waals surface area contributed by atoms with E-state index >= 15 is 0 Å². The number of nitrogens with zero attached hydrogens (tertiary/aromatic N) is 1. The third-order valence-corrected chi connectivity index (χ3v) is 5.25. The first kappa shape index (κ1) is 19.2. The summed E-state index contributed by atoms with van der Waals surface area (Å²) < 4.78 is 0. The monoisotopic (exact) mass is 353 g/mol. The number of hydrogen-bond acceptors (Lipinski definition) is 5. The Labute approximate surface area is 147 Å². The summed E-state index contributed by atoms with van der Waals surface area (Å²) in [6.45, 7) is 4.12. The van der Waals surface area contributed by atoms with Crippen molar-refractivity contribution < 1.29 is 19.2 Å². The zero-order valence-electron chi connectivity index (χ0n) is 15.4. The average molecular weight is 353 g/mol. The number of hydrogen-bond donors (Lipinski definition) is 4. The summed E-state index contributed by atoms with van der Waals surface area (Å²) in [6.07, 6.45) is 1.66. The van der Waals surface area contributed by atoms with E-state index < -0.39 is 29.0 Å². The number of rotatable bonds is 5. The zero-order valence-corrected chi connectivity index (χ0v) is 15.4. The van der Waals surface area contributed by atoms with Crippen molar-refractivity contribution in [3.8, 4) is 0 Å². The molecule has 9 heteroatoms. The first-order chi connectivity index (χ1) is 11.6. The highest BCUT2D eigenvalue weighted by Crippen LogP contribution is 2.49. The van der Waals surface area contributed by atoms with Gasteiger partial charge in [-0.25, -0.2) is 14.5 Å². The van der Waals surface area contributed by atoms with Crippen LogP contribution in [0.3, 0.4) is 0 Å². The Morgan fingerprint density at radius 3 is 2.04 bits per heavy atom. The van der Waals surface area contributed by atoms with Gasteiger partial charge in [-0.2, -0.15) is 0 Å². The Balaban J connectivity index is 1.98. The van der Waals surface area contributed by atoms with Gasteiger partial charge >= 0.3 is 12.1 Å². The molecule has 4 N–H and O–H groups in total. The van der Waals surface area contributed by atoms with E-state index in [4.69, 9.17) is 0 Å². The van der Waals surface area contributed by atoms with Crippen LogP contribution in [0.2, 0.25) is 0 Å². The lowest BCUT2D eigenvalue weighted by molar-refractivity contribution is -0.131. The molecular formula is C16H27N5O4. The van der Waals surface area contributed by atoms with Crippen LogP contribution in [0.25, 0.3) is 0 Å². The van der Waals surface area contributed by atoms with Gasteiger partial charge in [-0.15, -0.1) is 0 Å². The molecule has 6 amide bonds. The lowest BCUT2D eigenvalue weighted by atomic mass is 10.0. The standard InChI is InChI=1S/C16H27N5O4/c1-9(2)10-8-16(10,18-4)12(23)20-15(6-7-15)11(22)19-14(25)21(5)13(24)17-3/h9-10,18H,6-8H2,1-5H3,(H,17,24)(H,20,23)(H,19,22,25)/t10-,16?/m0/s1. The van der Waals surface area contributed by atoms with E-state index in [1.165, 1.54) is 14.1 Å². The predicted octanol–water partition coefficient (Wildman–Crippen LogP) is -0.223. The van der Waals surface area contributed by atoms with Crippen LogP contribution < -0.4 is 21.3 Å². The molecule has 0 aromatic carbocycles. The number of nitrogens with one attached hydrogen (secondary N) is 4. The minimum Gasteiger partial charge on any atom is -0.341 e. The molecule has 1 unspecified atom stereocenters. The average Bonchev–Trinajstić information content (AvgIpc) is 3.47. The van der Waals surface area contributed by atoms with E-state index in [9.17, 15) is 19.2 Å². The second kappa shape index (κ2) is 6.62. The van der Waals surface area contributed by atoms with Crippen LogP contribution in [0, 0.1) is 11.8 Å². The van der Waals surface area contributed by atoms with Gasteiger partial charge < -0.3 is 16.0 Å². The summed E-state index contributed by atoms with van der Waals surface area (Å²) in [5, 5.41) is 10.4. The van der Waals surface area contributed by atoms with Crippen LogP contribution >= 0.6 is 0 Å². The normalized spacial score (nSPS) is 25.8. The van der Waals surface area contributed by atoms with Crippen LogP contribution in [-0.4, -0.2) is 61.0 Å². The highest BCUT2D eigenvalue weighted by atomic mass is 16.2. The van der Waals surface area contributed by atoms with E-state index in [-0.39, 0.29) is 11.8 Å². The van der Waals surface area contributed by atoms with E-state index in [0.717, 1.165) is 11.3 Å². The zero-order chi connectivity index (χ0) is 19.0. The van der Waals surface area contributed by atoms with Crippen LogP contribution in [0.1, 0.15) is 33.1 Å². The minimum absolute atomic E-state index is 0.214. The largest absolute Gasteiger partial charge is 0.341 e. The van der Waals surface area contributed by atoms with Crippen LogP contribution in [-0.2, 0) is 9.59 Å². The molecule has 2 saturated carbocycles. The summed E-state index contributed by atoms with van der Waals surface area (Å²) in [7, 11) is 4.38. The molecular weight excluding hydrogens is 326 g/mol. The molecule has 9 nitrogen and oxygen atoms in total. The second-order valence-electron chi connectivity index (χ2n) is 7.19. The molecule has 2 atom stereocenters. The van der Waals surface area contributed by atoms with Gasteiger partial charge in [0.1, 0.15) is 11.1 Å². The van der Waals surface area contributed by atoms with Crippen LogP contribution in [0.4, 0.5) is 9.59 Å². The Bertz CT molecular complexity index is 601. The highest BCUT2D eigenvalue weighted by molar-refractivity contribution is 6.07. The number of imide groups is 2. The van der Waals surface area contributed by atoms with E-state index in [0.29, 0.717) is 18.8 Å². The Hall–Kier alpha value is -2.16. The summed E-state index contributed by atoms with van der Waals surface area (Å²) in [6, 6.07) is -1.47. The third-order valence-electron chi connectivity index (χ3n) is 5.25. The molecule has 0 saturated heterocycles. The van der Waals surface area contributed by atoms with Crippen molar-refractivity contribution in [1.82, 2.24) is 26.2 Å². The Morgan fingerprint density at radius 1 is 1.04 bits per heavy atom. The Kier molecular flexibility index (Phi) is 5.08. The quantitative estimate of drug-likeness (QED) is 0.545. The van der Waals surface area contributed by atoms with Crippen LogP contribution in [0.5, 0.6) is 0 Å². The van der Waals surface area contributed by atoms with Crippen molar-refractivity contribution in [3.05, 3.63) is 0 Å². The van der Waals surface area contributed by atoms with E-state index in [2.05, 4.69) is 35.1 Å². The van der Waals surface area contributed by atoms with Gasteiger partial charge in [0.25, 0.3) is 5.91 Å². The number of carbonyl (C=O) groups is 4. The van der Waals surface area contributed by atoms with Crippen molar-refractivity contribution in [3.63, 3.8) is 0 Å². The number of amides is 6. The van der Waals surface area contributed by atoms with Crippen LogP contribution in [0.15, 0.2) is 0 Å². The van der Waals surface area contributed by atoms with Crippen molar-refractivity contribution in [2.45, 2.75) is 44.2 Å². The van der Waals surface area contributed by atoms with Gasteiger partial charge in [0.2, 0.25) is 5.91 Å². The molecule has 25 heavy (non-hydrogen) atoms. The van der Waals surface area contributed by atoms with E-state index in [1.54, 1.807) is 7.05 Å². The molecule has 0 radical (unpaired) electrons. The van der Waals surface area contributed by atoms with Crippen molar-refractivity contribution >= 4 is 23.9 Å². The van der Waals surface area contributed by atoms with Crippen molar-refractivity contribution in [2.24, 2.45) is 11.8 Å². The number of urea groups is 2. The molecule has 2 aliphatic rings. The summed E-state index contributed by atoms with van der Waals surface area (Å²) in [5.74, 6) is -0.231. The molecule has 0 heterocycles. The number of likely N-dealkylation sites (N-methyl/N-ethyl adjacent to an activating group) is 1. The summed E-state index contributed by atoms with van der Waals surface area (Å²) in [5.41, 5.74) is -1.71. The summed E-state index contributed by atoms with van der Waals surface area (Å²) in [4.78, 5) is 49.2. The molecule has 0 aromatic heterocycles. The van der Waals surface area contributed by atoms with Crippen molar-refractivity contribution in [2.75, 3.05) is 21.1 Å². The fraction of sp³-hybridized carbons (Fsp3) is 0.750. The predicted molar refractivity (Wildman–Crippen MR) is 90.6 cm³/mol. The molecule has 0 aliphatic heterocycles. The molecule has 140 valence electrons. The van der Waals surface area contributed by atoms with Gasteiger partial charge in [0.15, 0.2) is 0 Å². The topological polar surface area (TPSA) is 120 Å². The first-order valence-corrected chi connectivity index (χ1v) is 8.46. The van der Waals surface area contributed by atoms with Gasteiger partial charge in [0.05, 0.1) is 0 Å². The molecule has 0 bridgehead atoms. The fourth-order valence-corrected chi connectivity index (χ4v) is 3.18. The molecule has 2 fully saturated rings. The SMILES string of the molecule is CNC(=O)N(C)C(=O)NC(=O)C1(NC(=O)C2(NC)C[C@H]2C(C)C)CC1. The lowest BCUT2D eigenvalue weighted by Gasteiger charge is -2.23. The first-order valence-electron chi connectivity index (χ1n) is 8.46. The van der Waals surface area contributed by atoms with Crippen molar-refractivity contribution in [1.29, 1.82) is 0 Å². The maximum Gasteiger partial charge on any atom is 0.331 e. The number of carbonyl (C=O) groups excluding carboxylic acids is 4. The Morgan fingerprint density at radius 2 is 1.64 bits per heavy atom. The minimum atomic E-state index is -1.07.